The number of hydrogen-bond donors (Lipinski definition) is 1. The van der Waals surface area contributed by atoms with Gasteiger partial charge in [0.25, 0.3) is 0 Å². The average Bonchev–Trinajstić information content (AvgIpc) is 3.02. The van der Waals surface area contributed by atoms with Gasteiger partial charge < -0.3 is 10.1 Å². The van der Waals surface area contributed by atoms with E-state index in [1.807, 2.05) is 0 Å². The first kappa shape index (κ1) is 14.9. The van der Waals surface area contributed by atoms with E-state index in [1.54, 1.807) is 0 Å². The van der Waals surface area contributed by atoms with Crippen LogP contribution in [-0.2, 0) is 6.42 Å². The Morgan fingerprint density at radius 1 is 1.29 bits per heavy atom. The van der Waals surface area contributed by atoms with Crippen molar-refractivity contribution in [3.63, 3.8) is 0 Å². The van der Waals surface area contributed by atoms with E-state index in [2.05, 4.69) is 44.3 Å². The highest BCUT2D eigenvalue weighted by molar-refractivity contribution is 5.42. The number of rotatable bonds is 5. The molecule has 1 N–H and O–H groups in total. The summed E-state index contributed by atoms with van der Waals surface area (Å²) in [5, 5.41) is 3.70. The van der Waals surface area contributed by atoms with Crippen molar-refractivity contribution < 1.29 is 4.74 Å². The number of ether oxygens (including phenoxy) is 1. The van der Waals surface area contributed by atoms with Crippen LogP contribution in [0.4, 0.5) is 0 Å². The Kier molecular flexibility index (Phi) is 4.26. The molecule has 2 nitrogen and oxygen atoms in total. The highest BCUT2D eigenvalue weighted by Gasteiger charge is 2.30. The standard InChI is InChI=1S/C19H29NO/c1-4-20-17(11-14-7-5-6-8-14)15-9-10-18-16(12-15)13-19(2,3)21-18/h9-10,12,14,17,20H,4-8,11,13H2,1-3H3. The fourth-order valence-corrected chi connectivity index (χ4v) is 4.01. The summed E-state index contributed by atoms with van der Waals surface area (Å²) in [6.45, 7) is 7.59. The predicted molar refractivity (Wildman–Crippen MR) is 87.8 cm³/mol. The Morgan fingerprint density at radius 3 is 2.76 bits per heavy atom. The van der Waals surface area contributed by atoms with Gasteiger partial charge in [-0.05, 0) is 49.9 Å². The summed E-state index contributed by atoms with van der Waals surface area (Å²) < 4.78 is 6.00. The lowest BCUT2D eigenvalue weighted by atomic mass is 9.91. The quantitative estimate of drug-likeness (QED) is 0.852. The Bertz CT molecular complexity index is 488. The van der Waals surface area contributed by atoms with Crippen molar-refractivity contribution in [2.24, 2.45) is 5.92 Å². The van der Waals surface area contributed by atoms with E-state index in [9.17, 15) is 0 Å². The number of hydrogen-bond acceptors (Lipinski definition) is 2. The van der Waals surface area contributed by atoms with Crippen LogP contribution in [0.5, 0.6) is 5.75 Å². The maximum absolute atomic E-state index is 6.00. The van der Waals surface area contributed by atoms with Gasteiger partial charge in [-0.3, -0.25) is 0 Å². The third-order valence-corrected chi connectivity index (χ3v) is 4.98. The minimum atomic E-state index is -0.0416. The minimum absolute atomic E-state index is 0.0416. The van der Waals surface area contributed by atoms with Crippen LogP contribution in [0.2, 0.25) is 0 Å². The van der Waals surface area contributed by atoms with E-state index in [0.29, 0.717) is 6.04 Å². The number of benzene rings is 1. The van der Waals surface area contributed by atoms with Gasteiger partial charge in [0.15, 0.2) is 0 Å². The van der Waals surface area contributed by atoms with Gasteiger partial charge in [-0.15, -0.1) is 0 Å². The van der Waals surface area contributed by atoms with Gasteiger partial charge in [-0.1, -0.05) is 44.7 Å². The number of fused-ring (bicyclic) bond motifs is 1. The van der Waals surface area contributed by atoms with Crippen LogP contribution in [0.1, 0.15) is 70.0 Å². The third-order valence-electron chi connectivity index (χ3n) is 4.98. The Morgan fingerprint density at radius 2 is 2.05 bits per heavy atom. The van der Waals surface area contributed by atoms with Crippen molar-refractivity contribution >= 4 is 0 Å². The molecule has 1 aliphatic carbocycles. The van der Waals surface area contributed by atoms with Gasteiger partial charge in [-0.25, -0.2) is 0 Å². The lowest BCUT2D eigenvalue weighted by Crippen LogP contribution is -2.24. The summed E-state index contributed by atoms with van der Waals surface area (Å²) in [5.74, 6) is 2.00. The molecule has 2 heteroatoms. The number of nitrogens with one attached hydrogen (secondary N) is 1. The predicted octanol–water partition coefficient (Wildman–Crippen LogP) is 4.63. The molecule has 0 aromatic heterocycles. The highest BCUT2D eigenvalue weighted by Crippen LogP contribution is 2.38. The van der Waals surface area contributed by atoms with Gasteiger partial charge >= 0.3 is 0 Å². The fraction of sp³-hybridized carbons (Fsp3) is 0.684. The SMILES string of the molecule is CCNC(CC1CCCC1)c1ccc2c(c1)CC(C)(C)O2. The molecular weight excluding hydrogens is 258 g/mol. The van der Waals surface area contributed by atoms with Crippen LogP contribution < -0.4 is 10.1 Å². The molecule has 1 unspecified atom stereocenters. The normalized spacial score (nSPS) is 22.0. The summed E-state index contributed by atoms with van der Waals surface area (Å²) in [4.78, 5) is 0. The van der Waals surface area contributed by atoms with Gasteiger partial charge in [0, 0.05) is 12.5 Å². The molecule has 1 saturated carbocycles. The molecule has 116 valence electrons. The lowest BCUT2D eigenvalue weighted by Gasteiger charge is -2.22. The van der Waals surface area contributed by atoms with E-state index in [0.717, 1.165) is 24.6 Å². The molecule has 1 heterocycles. The third kappa shape index (κ3) is 3.42. The Labute approximate surface area is 129 Å². The zero-order valence-electron chi connectivity index (χ0n) is 13.7. The van der Waals surface area contributed by atoms with Crippen LogP contribution in [0.25, 0.3) is 0 Å². The van der Waals surface area contributed by atoms with E-state index in [4.69, 9.17) is 4.74 Å². The van der Waals surface area contributed by atoms with E-state index in [1.165, 1.54) is 43.2 Å². The molecule has 1 aromatic carbocycles. The molecule has 21 heavy (non-hydrogen) atoms. The summed E-state index contributed by atoms with van der Waals surface area (Å²) in [6, 6.07) is 7.33. The summed E-state index contributed by atoms with van der Waals surface area (Å²) in [6.07, 6.45) is 8.01. The molecule has 3 rings (SSSR count). The van der Waals surface area contributed by atoms with Crippen LogP contribution in [0, 0.1) is 5.92 Å². The van der Waals surface area contributed by atoms with Crippen LogP contribution >= 0.6 is 0 Å². The molecular formula is C19H29NO. The first-order chi connectivity index (χ1) is 10.1. The van der Waals surface area contributed by atoms with Crippen molar-refractivity contribution in [1.29, 1.82) is 0 Å². The second-order valence-electron chi connectivity index (χ2n) is 7.40. The molecule has 0 saturated heterocycles. The molecule has 0 radical (unpaired) electrons. The minimum Gasteiger partial charge on any atom is -0.487 e. The Hall–Kier alpha value is -1.02. The molecule has 0 spiro atoms. The second kappa shape index (κ2) is 6.00. The van der Waals surface area contributed by atoms with Gasteiger partial charge in [-0.2, -0.15) is 0 Å². The molecule has 1 fully saturated rings. The zero-order valence-corrected chi connectivity index (χ0v) is 13.7. The average molecular weight is 287 g/mol. The molecule has 0 bridgehead atoms. The van der Waals surface area contributed by atoms with Crippen molar-refractivity contribution in [1.82, 2.24) is 5.32 Å². The second-order valence-corrected chi connectivity index (χ2v) is 7.40. The maximum atomic E-state index is 6.00. The van der Waals surface area contributed by atoms with Crippen molar-refractivity contribution in [3.05, 3.63) is 29.3 Å². The fourth-order valence-electron chi connectivity index (χ4n) is 4.01. The molecule has 1 atom stereocenters. The van der Waals surface area contributed by atoms with Crippen LogP contribution in [0.15, 0.2) is 18.2 Å². The van der Waals surface area contributed by atoms with E-state index < -0.39 is 0 Å². The first-order valence-electron chi connectivity index (χ1n) is 8.62. The van der Waals surface area contributed by atoms with Crippen LogP contribution in [-0.4, -0.2) is 12.1 Å². The van der Waals surface area contributed by atoms with Crippen molar-refractivity contribution in [2.45, 2.75) is 70.9 Å². The maximum Gasteiger partial charge on any atom is 0.123 e. The summed E-state index contributed by atoms with van der Waals surface area (Å²) in [5.41, 5.74) is 2.79. The topological polar surface area (TPSA) is 21.3 Å². The smallest absolute Gasteiger partial charge is 0.123 e. The van der Waals surface area contributed by atoms with Crippen molar-refractivity contribution in [3.8, 4) is 5.75 Å². The summed E-state index contributed by atoms with van der Waals surface area (Å²) >= 11 is 0. The first-order valence-corrected chi connectivity index (χ1v) is 8.62. The molecule has 0 amide bonds. The Balaban J connectivity index is 1.77. The summed E-state index contributed by atoms with van der Waals surface area (Å²) in [7, 11) is 0. The van der Waals surface area contributed by atoms with Gasteiger partial charge in [0.1, 0.15) is 11.4 Å². The molecule has 2 aliphatic rings. The highest BCUT2D eigenvalue weighted by atomic mass is 16.5. The molecule has 1 aliphatic heterocycles. The van der Waals surface area contributed by atoms with Gasteiger partial charge in [0.2, 0.25) is 0 Å². The van der Waals surface area contributed by atoms with Crippen molar-refractivity contribution in [2.75, 3.05) is 6.54 Å². The van der Waals surface area contributed by atoms with Gasteiger partial charge in [0.05, 0.1) is 0 Å². The molecule has 1 aromatic rings. The van der Waals surface area contributed by atoms with Crippen LogP contribution in [0.3, 0.4) is 0 Å². The van der Waals surface area contributed by atoms with E-state index >= 15 is 0 Å². The lowest BCUT2D eigenvalue weighted by molar-refractivity contribution is 0.138. The van der Waals surface area contributed by atoms with E-state index in [-0.39, 0.29) is 5.60 Å². The zero-order chi connectivity index (χ0) is 14.9. The monoisotopic (exact) mass is 287 g/mol. The largest absolute Gasteiger partial charge is 0.487 e.